The van der Waals surface area contributed by atoms with Gasteiger partial charge >= 0.3 is 0 Å². The molecule has 2 N–H and O–H groups in total. The van der Waals surface area contributed by atoms with Crippen LogP contribution in [0, 0.1) is 17.0 Å². The molecule has 0 bridgehead atoms. The summed E-state index contributed by atoms with van der Waals surface area (Å²) in [5.74, 6) is -0.0197. The third-order valence-electron chi connectivity index (χ3n) is 4.50. The van der Waals surface area contributed by atoms with Gasteiger partial charge in [0.15, 0.2) is 0 Å². The number of rotatable bonds is 5. The number of phenols is 1. The number of nitro benzene ring substituents is 1. The number of nitro groups is 1. The molecule has 0 amide bonds. The summed E-state index contributed by atoms with van der Waals surface area (Å²) in [5, 5.41) is 33.3. The Balaban J connectivity index is 2.17. The maximum atomic E-state index is 11.6. The van der Waals surface area contributed by atoms with Crippen molar-refractivity contribution >= 4 is 23.4 Å². The van der Waals surface area contributed by atoms with E-state index in [1.807, 2.05) is 6.07 Å². The Kier molecular flexibility index (Phi) is 5.49. The maximum absolute atomic E-state index is 11.6. The topological polar surface area (TPSA) is 83.6 Å². The maximum Gasteiger partial charge on any atom is 0.272 e. The average molecular weight is 396 g/mol. The minimum atomic E-state index is -1.69. The van der Waals surface area contributed by atoms with Crippen LogP contribution < -0.4 is 0 Å². The average Bonchev–Trinajstić information content (AvgIpc) is 2.66. The summed E-state index contributed by atoms with van der Waals surface area (Å²) in [5.41, 5.74) is 0.155. The monoisotopic (exact) mass is 395 g/mol. The van der Waals surface area contributed by atoms with Crippen LogP contribution in [0.15, 0.2) is 72.8 Å². The van der Waals surface area contributed by atoms with Gasteiger partial charge in [0.1, 0.15) is 11.4 Å². The quantitative estimate of drug-likeness (QED) is 0.458. The standard InChI is InChI=1S/C22H18ClNO4/c1-15-8-9-18(14-21(15)24(27)28)22(26,17-5-3-7-20(25)13-17)11-10-16-4-2-6-19(23)12-16/h2-14,25-26H,1H3/b11-10+. The minimum absolute atomic E-state index is 0.0197. The van der Waals surface area contributed by atoms with Gasteiger partial charge in [0.2, 0.25) is 0 Å². The van der Waals surface area contributed by atoms with Crippen LogP contribution in [0.1, 0.15) is 22.3 Å². The van der Waals surface area contributed by atoms with Gasteiger partial charge in [-0.15, -0.1) is 0 Å². The van der Waals surface area contributed by atoms with Gasteiger partial charge in [-0.1, -0.05) is 54.1 Å². The summed E-state index contributed by atoms with van der Waals surface area (Å²) in [7, 11) is 0. The van der Waals surface area contributed by atoms with E-state index >= 15 is 0 Å². The molecule has 0 saturated carbocycles. The van der Waals surface area contributed by atoms with Crippen molar-refractivity contribution in [3.63, 3.8) is 0 Å². The van der Waals surface area contributed by atoms with Gasteiger partial charge in [-0.05, 0) is 54.0 Å². The summed E-state index contributed by atoms with van der Waals surface area (Å²) in [4.78, 5) is 10.9. The highest BCUT2D eigenvalue weighted by Gasteiger charge is 2.31. The van der Waals surface area contributed by atoms with Crippen molar-refractivity contribution in [1.29, 1.82) is 0 Å². The molecule has 3 rings (SSSR count). The fraction of sp³-hybridized carbons (Fsp3) is 0.0909. The first-order valence-corrected chi connectivity index (χ1v) is 8.89. The van der Waals surface area contributed by atoms with Gasteiger partial charge in [-0.25, -0.2) is 0 Å². The Bertz CT molecular complexity index is 1060. The number of aliphatic hydroxyl groups is 1. The lowest BCUT2D eigenvalue weighted by Crippen LogP contribution is -2.24. The fourth-order valence-corrected chi connectivity index (χ4v) is 3.17. The zero-order chi connectivity index (χ0) is 20.3. The highest BCUT2D eigenvalue weighted by molar-refractivity contribution is 6.30. The van der Waals surface area contributed by atoms with E-state index in [4.69, 9.17) is 11.6 Å². The first-order valence-electron chi connectivity index (χ1n) is 8.52. The van der Waals surface area contributed by atoms with E-state index in [0.717, 1.165) is 5.56 Å². The second kappa shape index (κ2) is 7.84. The molecule has 1 atom stereocenters. The lowest BCUT2D eigenvalue weighted by Gasteiger charge is -2.26. The molecule has 0 spiro atoms. The Morgan fingerprint density at radius 1 is 1.04 bits per heavy atom. The van der Waals surface area contributed by atoms with Crippen LogP contribution in [0.25, 0.3) is 6.08 Å². The highest BCUT2D eigenvalue weighted by atomic mass is 35.5. The number of nitrogens with zero attached hydrogens (tertiary/aromatic N) is 1. The van der Waals surface area contributed by atoms with Crippen LogP contribution in [-0.4, -0.2) is 15.1 Å². The van der Waals surface area contributed by atoms with Gasteiger partial charge in [0, 0.05) is 16.7 Å². The van der Waals surface area contributed by atoms with Gasteiger partial charge in [0.25, 0.3) is 5.69 Å². The van der Waals surface area contributed by atoms with Gasteiger partial charge in [0.05, 0.1) is 4.92 Å². The molecule has 0 aliphatic heterocycles. The molecule has 1 unspecified atom stereocenters. The normalized spacial score (nSPS) is 13.4. The van der Waals surface area contributed by atoms with Crippen LogP contribution in [0.2, 0.25) is 5.02 Å². The van der Waals surface area contributed by atoms with Gasteiger partial charge in [-0.3, -0.25) is 10.1 Å². The molecule has 0 heterocycles. The van der Waals surface area contributed by atoms with Gasteiger partial charge < -0.3 is 10.2 Å². The van der Waals surface area contributed by atoms with Crippen LogP contribution >= 0.6 is 11.6 Å². The molecule has 3 aromatic carbocycles. The van der Waals surface area contributed by atoms with Crippen molar-refractivity contribution in [1.82, 2.24) is 0 Å². The van der Waals surface area contributed by atoms with Crippen LogP contribution in [0.4, 0.5) is 5.69 Å². The number of aromatic hydroxyl groups is 1. The smallest absolute Gasteiger partial charge is 0.272 e. The zero-order valence-electron chi connectivity index (χ0n) is 15.0. The van der Waals surface area contributed by atoms with E-state index in [1.54, 1.807) is 55.5 Å². The molecule has 5 nitrogen and oxygen atoms in total. The largest absolute Gasteiger partial charge is 0.508 e. The Hall–Kier alpha value is -3.15. The first kappa shape index (κ1) is 19.6. The summed E-state index contributed by atoms with van der Waals surface area (Å²) in [6.07, 6.45) is 3.21. The highest BCUT2D eigenvalue weighted by Crippen LogP contribution is 2.36. The lowest BCUT2D eigenvalue weighted by molar-refractivity contribution is -0.385. The van der Waals surface area contributed by atoms with Crippen molar-refractivity contribution in [2.24, 2.45) is 0 Å². The molecule has 0 aromatic heterocycles. The van der Waals surface area contributed by atoms with Crippen molar-refractivity contribution in [3.8, 4) is 5.75 Å². The number of halogens is 1. The molecule has 142 valence electrons. The fourth-order valence-electron chi connectivity index (χ4n) is 2.97. The second-order valence-corrected chi connectivity index (χ2v) is 6.90. The van der Waals surface area contributed by atoms with Gasteiger partial charge in [-0.2, -0.15) is 0 Å². The van der Waals surface area contributed by atoms with Crippen molar-refractivity contribution in [2.45, 2.75) is 12.5 Å². The minimum Gasteiger partial charge on any atom is -0.508 e. The summed E-state index contributed by atoms with van der Waals surface area (Å²) in [6.45, 7) is 1.64. The van der Waals surface area contributed by atoms with Crippen LogP contribution in [-0.2, 0) is 5.60 Å². The Morgan fingerprint density at radius 3 is 2.43 bits per heavy atom. The Labute approximate surface area is 167 Å². The Morgan fingerprint density at radius 2 is 1.75 bits per heavy atom. The van der Waals surface area contributed by atoms with Crippen LogP contribution in [0.5, 0.6) is 5.75 Å². The van der Waals surface area contributed by atoms with E-state index in [2.05, 4.69) is 0 Å². The zero-order valence-corrected chi connectivity index (χ0v) is 15.8. The number of hydrogen-bond donors (Lipinski definition) is 2. The molecule has 28 heavy (non-hydrogen) atoms. The number of aryl methyl sites for hydroxylation is 1. The summed E-state index contributed by atoms with van der Waals surface area (Å²) < 4.78 is 0. The predicted molar refractivity (Wildman–Crippen MR) is 109 cm³/mol. The molecule has 0 aliphatic carbocycles. The number of benzene rings is 3. The molecule has 0 radical (unpaired) electrons. The van der Waals surface area contributed by atoms with Crippen LogP contribution in [0.3, 0.4) is 0 Å². The lowest BCUT2D eigenvalue weighted by atomic mass is 9.84. The SMILES string of the molecule is Cc1ccc(C(O)(/C=C/c2cccc(Cl)c2)c2cccc(O)c2)cc1[N+](=O)[O-]. The predicted octanol–water partition coefficient (Wildman–Crippen LogP) is 5.21. The first-order chi connectivity index (χ1) is 13.3. The molecule has 6 heteroatoms. The third kappa shape index (κ3) is 4.06. The molecule has 0 fully saturated rings. The molecule has 0 saturated heterocycles. The second-order valence-electron chi connectivity index (χ2n) is 6.46. The molecule has 0 aliphatic rings. The third-order valence-corrected chi connectivity index (χ3v) is 4.73. The molecule has 3 aromatic rings. The van der Waals surface area contributed by atoms with E-state index in [1.165, 1.54) is 24.3 Å². The number of hydrogen-bond acceptors (Lipinski definition) is 4. The van der Waals surface area contributed by atoms with Crippen molar-refractivity contribution < 1.29 is 15.1 Å². The van der Waals surface area contributed by atoms with E-state index < -0.39 is 10.5 Å². The summed E-state index contributed by atoms with van der Waals surface area (Å²) >= 11 is 6.02. The van der Waals surface area contributed by atoms with E-state index in [0.29, 0.717) is 21.7 Å². The summed E-state index contributed by atoms with van der Waals surface area (Å²) in [6, 6.07) is 17.8. The van der Waals surface area contributed by atoms with E-state index in [9.17, 15) is 20.3 Å². The molecular formula is C22H18ClNO4. The van der Waals surface area contributed by atoms with Crippen molar-refractivity contribution in [2.75, 3.05) is 0 Å². The van der Waals surface area contributed by atoms with Crippen molar-refractivity contribution in [3.05, 3.63) is 110 Å². The number of phenolic OH excluding ortho intramolecular Hbond substituents is 1. The molecular weight excluding hydrogens is 378 g/mol. The van der Waals surface area contributed by atoms with E-state index in [-0.39, 0.29) is 11.4 Å².